The Balaban J connectivity index is 2.40. The van der Waals surface area contributed by atoms with E-state index in [-0.39, 0.29) is 5.38 Å². The average molecular weight is 187 g/mol. The fraction of sp³-hybridized carbons (Fsp3) is 0.333. The molecule has 0 saturated carbocycles. The van der Waals surface area contributed by atoms with Gasteiger partial charge in [-0.05, 0) is 17.6 Å². The van der Waals surface area contributed by atoms with Crippen molar-refractivity contribution in [3.63, 3.8) is 0 Å². The zero-order chi connectivity index (χ0) is 7.84. The van der Waals surface area contributed by atoms with Crippen LogP contribution in [-0.2, 0) is 0 Å². The summed E-state index contributed by atoms with van der Waals surface area (Å²) in [5.41, 5.74) is 2.49. The topological polar surface area (TPSA) is 0 Å². The van der Waals surface area contributed by atoms with Crippen LogP contribution in [0.5, 0.6) is 0 Å². The molecule has 0 bridgehead atoms. The third-order valence-electron chi connectivity index (χ3n) is 2.04. The molecule has 0 radical (unpaired) electrons. The minimum absolute atomic E-state index is 0.192. The maximum absolute atomic E-state index is 6.02. The van der Waals surface area contributed by atoms with Crippen LogP contribution >= 0.6 is 23.2 Å². The van der Waals surface area contributed by atoms with Crippen LogP contribution in [0, 0.1) is 0 Å². The lowest BCUT2D eigenvalue weighted by molar-refractivity contribution is 0.811. The van der Waals surface area contributed by atoms with E-state index in [2.05, 4.69) is 12.2 Å². The standard InChI is InChI=1S/C9H8Cl2/c10-7-4-6-2-1-3-8(6)9(11)5-7/h1-3,7H,4-5H2. The van der Waals surface area contributed by atoms with Crippen molar-refractivity contribution in [2.75, 3.05) is 0 Å². The van der Waals surface area contributed by atoms with Gasteiger partial charge in [-0.2, -0.15) is 0 Å². The molecule has 0 aromatic rings. The Morgan fingerprint density at radius 3 is 3.00 bits per heavy atom. The lowest BCUT2D eigenvalue weighted by Gasteiger charge is -2.18. The number of fused-ring (bicyclic) bond motifs is 1. The van der Waals surface area contributed by atoms with Crippen molar-refractivity contribution in [2.45, 2.75) is 18.2 Å². The van der Waals surface area contributed by atoms with Gasteiger partial charge in [-0.1, -0.05) is 29.8 Å². The van der Waals surface area contributed by atoms with E-state index in [1.54, 1.807) is 0 Å². The van der Waals surface area contributed by atoms with Crippen molar-refractivity contribution in [3.8, 4) is 0 Å². The largest absolute Gasteiger partial charge is 0.122 e. The molecule has 1 atom stereocenters. The van der Waals surface area contributed by atoms with Crippen molar-refractivity contribution >= 4 is 23.2 Å². The summed E-state index contributed by atoms with van der Waals surface area (Å²) in [4.78, 5) is 0. The summed E-state index contributed by atoms with van der Waals surface area (Å²) in [7, 11) is 0. The predicted molar refractivity (Wildman–Crippen MR) is 49.0 cm³/mol. The number of halogens is 2. The summed E-state index contributed by atoms with van der Waals surface area (Å²) < 4.78 is 0. The molecule has 1 unspecified atom stereocenters. The van der Waals surface area contributed by atoms with Crippen molar-refractivity contribution < 1.29 is 0 Å². The van der Waals surface area contributed by atoms with Crippen LogP contribution in [-0.4, -0.2) is 5.38 Å². The number of rotatable bonds is 0. The summed E-state index contributed by atoms with van der Waals surface area (Å²) >= 11 is 12.0. The normalized spacial score (nSPS) is 28.9. The highest BCUT2D eigenvalue weighted by Crippen LogP contribution is 2.37. The molecule has 0 aromatic carbocycles. The van der Waals surface area contributed by atoms with E-state index in [0.717, 1.165) is 17.9 Å². The second-order valence-electron chi connectivity index (χ2n) is 2.88. The van der Waals surface area contributed by atoms with Crippen molar-refractivity contribution in [1.29, 1.82) is 0 Å². The lowest BCUT2D eigenvalue weighted by atomic mass is 9.96. The first-order valence-corrected chi connectivity index (χ1v) is 4.49. The van der Waals surface area contributed by atoms with Gasteiger partial charge in [-0.15, -0.1) is 11.6 Å². The molecule has 0 heterocycles. The van der Waals surface area contributed by atoms with E-state index in [9.17, 15) is 0 Å². The van der Waals surface area contributed by atoms with Gasteiger partial charge in [-0.3, -0.25) is 0 Å². The van der Waals surface area contributed by atoms with Gasteiger partial charge in [0.1, 0.15) is 0 Å². The molecule has 2 aliphatic carbocycles. The summed E-state index contributed by atoms with van der Waals surface area (Å²) in [5.74, 6) is 0. The molecule has 2 rings (SSSR count). The van der Waals surface area contributed by atoms with Gasteiger partial charge in [0.2, 0.25) is 0 Å². The van der Waals surface area contributed by atoms with Crippen LogP contribution in [0.1, 0.15) is 12.8 Å². The Kier molecular flexibility index (Phi) is 1.82. The minimum atomic E-state index is 0.192. The number of hydrogen-bond donors (Lipinski definition) is 0. The second kappa shape index (κ2) is 2.69. The van der Waals surface area contributed by atoms with E-state index < -0.39 is 0 Å². The number of alkyl halides is 1. The first-order chi connectivity index (χ1) is 5.27. The SMILES string of the molecule is ClC1=C2C=CC=C2CC(Cl)C1. The molecule has 0 N–H and O–H groups in total. The smallest absolute Gasteiger partial charge is 0.0425 e. The van der Waals surface area contributed by atoms with Crippen LogP contribution in [0.4, 0.5) is 0 Å². The molecule has 0 spiro atoms. The first kappa shape index (κ1) is 7.45. The molecule has 0 fully saturated rings. The first-order valence-electron chi connectivity index (χ1n) is 3.67. The Morgan fingerprint density at radius 2 is 2.18 bits per heavy atom. The molecule has 0 amide bonds. The molecule has 0 aromatic heterocycles. The van der Waals surface area contributed by atoms with E-state index in [0.29, 0.717) is 0 Å². The Morgan fingerprint density at radius 1 is 1.36 bits per heavy atom. The Bertz CT molecular complexity index is 271. The van der Waals surface area contributed by atoms with Crippen LogP contribution in [0.25, 0.3) is 0 Å². The fourth-order valence-electron chi connectivity index (χ4n) is 1.52. The summed E-state index contributed by atoms with van der Waals surface area (Å²) in [6.07, 6.45) is 7.95. The average Bonchev–Trinajstić information content (AvgIpc) is 2.34. The van der Waals surface area contributed by atoms with E-state index >= 15 is 0 Å². The molecule has 0 nitrogen and oxygen atoms in total. The van der Waals surface area contributed by atoms with Crippen LogP contribution in [0.15, 0.2) is 34.4 Å². The molecule has 11 heavy (non-hydrogen) atoms. The van der Waals surface area contributed by atoms with Gasteiger partial charge < -0.3 is 0 Å². The Labute approximate surface area is 76.2 Å². The third-order valence-corrected chi connectivity index (χ3v) is 2.71. The lowest BCUT2D eigenvalue weighted by Crippen LogP contribution is -2.07. The van der Waals surface area contributed by atoms with Gasteiger partial charge in [0.25, 0.3) is 0 Å². The monoisotopic (exact) mass is 186 g/mol. The van der Waals surface area contributed by atoms with Gasteiger partial charge >= 0.3 is 0 Å². The highest BCUT2D eigenvalue weighted by Gasteiger charge is 2.22. The number of hydrogen-bond acceptors (Lipinski definition) is 0. The van der Waals surface area contributed by atoms with Crippen molar-refractivity contribution in [2.24, 2.45) is 0 Å². The second-order valence-corrected chi connectivity index (χ2v) is 3.95. The quantitative estimate of drug-likeness (QED) is 0.510. The fourth-order valence-corrected chi connectivity index (χ4v) is 2.29. The zero-order valence-corrected chi connectivity index (χ0v) is 7.49. The molecule has 58 valence electrons. The summed E-state index contributed by atoms with van der Waals surface area (Å²) in [6, 6.07) is 0. The Hall–Kier alpha value is -0.200. The molecule has 2 heteroatoms. The van der Waals surface area contributed by atoms with E-state index in [1.165, 1.54) is 11.1 Å². The third kappa shape index (κ3) is 1.25. The maximum Gasteiger partial charge on any atom is 0.0425 e. The molecule has 0 saturated heterocycles. The van der Waals surface area contributed by atoms with Gasteiger partial charge in [0, 0.05) is 16.8 Å². The predicted octanol–water partition coefficient (Wildman–Crippen LogP) is 3.38. The number of allylic oxidation sites excluding steroid dienone is 6. The van der Waals surface area contributed by atoms with E-state index in [1.807, 2.05) is 6.08 Å². The summed E-state index contributed by atoms with van der Waals surface area (Å²) in [6.45, 7) is 0. The van der Waals surface area contributed by atoms with Crippen molar-refractivity contribution in [1.82, 2.24) is 0 Å². The van der Waals surface area contributed by atoms with Crippen molar-refractivity contribution in [3.05, 3.63) is 34.4 Å². The molecular weight excluding hydrogens is 179 g/mol. The molecule has 0 aliphatic heterocycles. The highest BCUT2D eigenvalue weighted by molar-refractivity contribution is 6.32. The van der Waals surface area contributed by atoms with E-state index in [4.69, 9.17) is 23.2 Å². The minimum Gasteiger partial charge on any atom is -0.122 e. The molecule has 2 aliphatic rings. The van der Waals surface area contributed by atoms with Gasteiger partial charge in [0.05, 0.1) is 0 Å². The van der Waals surface area contributed by atoms with Crippen LogP contribution < -0.4 is 0 Å². The maximum atomic E-state index is 6.02. The van der Waals surface area contributed by atoms with Gasteiger partial charge in [0.15, 0.2) is 0 Å². The highest BCUT2D eigenvalue weighted by atomic mass is 35.5. The van der Waals surface area contributed by atoms with Crippen LogP contribution in [0.2, 0.25) is 0 Å². The van der Waals surface area contributed by atoms with Gasteiger partial charge in [-0.25, -0.2) is 0 Å². The van der Waals surface area contributed by atoms with Crippen LogP contribution in [0.3, 0.4) is 0 Å². The zero-order valence-electron chi connectivity index (χ0n) is 5.98. The summed E-state index contributed by atoms with van der Waals surface area (Å²) in [5, 5.41) is 1.11. The molecular formula is C9H8Cl2.